The Labute approximate surface area is 152 Å². The standard InChI is InChI=1S/C18H21Cl2NO3/c1-23-17-10-14(11-21-7-2-8-22)9-16(20)18(17)24-12-13-3-5-15(19)6-4-13/h3-6,9-10,21-22H,2,7-8,11-12H2,1H3. The highest BCUT2D eigenvalue weighted by Gasteiger charge is 2.12. The quantitative estimate of drug-likeness (QED) is 0.654. The molecule has 0 saturated carbocycles. The van der Waals surface area contributed by atoms with E-state index < -0.39 is 0 Å². The summed E-state index contributed by atoms with van der Waals surface area (Å²) in [7, 11) is 1.59. The maximum atomic E-state index is 8.79. The molecule has 0 amide bonds. The molecule has 0 unspecified atom stereocenters. The Morgan fingerprint density at radius 1 is 1.08 bits per heavy atom. The van der Waals surface area contributed by atoms with Crippen molar-refractivity contribution in [1.82, 2.24) is 5.32 Å². The van der Waals surface area contributed by atoms with Crippen LogP contribution in [-0.4, -0.2) is 25.4 Å². The minimum atomic E-state index is 0.175. The molecule has 0 bridgehead atoms. The highest BCUT2D eigenvalue weighted by atomic mass is 35.5. The number of ether oxygens (including phenoxy) is 2. The summed E-state index contributed by atoms with van der Waals surface area (Å²) in [5.74, 6) is 1.11. The summed E-state index contributed by atoms with van der Waals surface area (Å²) < 4.78 is 11.2. The van der Waals surface area contributed by atoms with Crippen LogP contribution in [0.25, 0.3) is 0 Å². The molecular formula is C18H21Cl2NO3. The van der Waals surface area contributed by atoms with E-state index in [2.05, 4.69) is 5.32 Å². The van der Waals surface area contributed by atoms with Gasteiger partial charge in [-0.05, 0) is 48.4 Å². The van der Waals surface area contributed by atoms with E-state index in [9.17, 15) is 0 Å². The predicted octanol–water partition coefficient (Wildman–Crippen LogP) is 4.05. The highest BCUT2D eigenvalue weighted by molar-refractivity contribution is 6.32. The second-order valence-electron chi connectivity index (χ2n) is 5.28. The molecular weight excluding hydrogens is 349 g/mol. The van der Waals surface area contributed by atoms with Crippen molar-refractivity contribution in [3.63, 3.8) is 0 Å². The summed E-state index contributed by atoms with van der Waals surface area (Å²) in [6, 6.07) is 11.2. The Morgan fingerprint density at radius 3 is 2.50 bits per heavy atom. The first-order chi connectivity index (χ1) is 11.6. The van der Waals surface area contributed by atoms with Crippen LogP contribution in [0.4, 0.5) is 0 Å². The number of benzene rings is 2. The Bertz CT molecular complexity index is 647. The van der Waals surface area contributed by atoms with E-state index in [4.69, 9.17) is 37.8 Å². The van der Waals surface area contributed by atoms with Crippen LogP contribution >= 0.6 is 23.2 Å². The molecule has 0 atom stereocenters. The van der Waals surface area contributed by atoms with E-state index in [0.29, 0.717) is 41.1 Å². The number of aliphatic hydroxyl groups excluding tert-OH is 1. The van der Waals surface area contributed by atoms with Crippen molar-refractivity contribution in [3.05, 3.63) is 57.6 Å². The fourth-order valence-electron chi connectivity index (χ4n) is 2.19. The molecule has 0 spiro atoms. The van der Waals surface area contributed by atoms with Gasteiger partial charge in [0.1, 0.15) is 6.61 Å². The number of hydrogen-bond acceptors (Lipinski definition) is 4. The van der Waals surface area contributed by atoms with Crippen molar-refractivity contribution < 1.29 is 14.6 Å². The number of nitrogens with one attached hydrogen (secondary N) is 1. The van der Waals surface area contributed by atoms with Crippen LogP contribution < -0.4 is 14.8 Å². The van der Waals surface area contributed by atoms with Crippen molar-refractivity contribution in [3.8, 4) is 11.5 Å². The minimum Gasteiger partial charge on any atom is -0.493 e. The summed E-state index contributed by atoms with van der Waals surface area (Å²) in [5, 5.41) is 13.2. The van der Waals surface area contributed by atoms with Gasteiger partial charge in [0.15, 0.2) is 11.5 Å². The first kappa shape index (κ1) is 18.9. The van der Waals surface area contributed by atoms with Crippen LogP contribution in [0.15, 0.2) is 36.4 Å². The Morgan fingerprint density at radius 2 is 1.83 bits per heavy atom. The van der Waals surface area contributed by atoms with Crippen LogP contribution in [0.2, 0.25) is 10.0 Å². The van der Waals surface area contributed by atoms with Gasteiger partial charge in [-0.1, -0.05) is 35.3 Å². The molecule has 2 N–H and O–H groups in total. The van der Waals surface area contributed by atoms with Crippen LogP contribution in [0.1, 0.15) is 17.5 Å². The van der Waals surface area contributed by atoms with Gasteiger partial charge in [-0.25, -0.2) is 0 Å². The van der Waals surface area contributed by atoms with Crippen molar-refractivity contribution in [1.29, 1.82) is 0 Å². The first-order valence-corrected chi connectivity index (χ1v) is 8.45. The number of hydrogen-bond donors (Lipinski definition) is 2. The Balaban J connectivity index is 2.04. The average Bonchev–Trinajstić information content (AvgIpc) is 2.59. The average molecular weight is 370 g/mol. The highest BCUT2D eigenvalue weighted by Crippen LogP contribution is 2.37. The number of aliphatic hydroxyl groups is 1. The third-order valence-corrected chi connectivity index (χ3v) is 3.96. The third kappa shape index (κ3) is 5.56. The molecule has 2 rings (SSSR count). The van der Waals surface area contributed by atoms with E-state index >= 15 is 0 Å². The summed E-state index contributed by atoms with van der Waals surface area (Å²) >= 11 is 12.2. The maximum Gasteiger partial charge on any atom is 0.180 e. The van der Waals surface area contributed by atoms with Gasteiger partial charge >= 0.3 is 0 Å². The second-order valence-corrected chi connectivity index (χ2v) is 6.12. The van der Waals surface area contributed by atoms with E-state index in [0.717, 1.165) is 17.7 Å². The molecule has 2 aromatic rings. The van der Waals surface area contributed by atoms with E-state index in [-0.39, 0.29) is 6.61 Å². The number of rotatable bonds is 9. The lowest BCUT2D eigenvalue weighted by Crippen LogP contribution is -2.15. The van der Waals surface area contributed by atoms with Gasteiger partial charge in [-0.3, -0.25) is 0 Å². The zero-order valence-corrected chi connectivity index (χ0v) is 15.0. The van der Waals surface area contributed by atoms with Gasteiger partial charge in [0.25, 0.3) is 0 Å². The predicted molar refractivity (Wildman–Crippen MR) is 97.2 cm³/mol. The molecule has 130 valence electrons. The lowest BCUT2D eigenvalue weighted by atomic mass is 10.2. The van der Waals surface area contributed by atoms with Crippen molar-refractivity contribution in [2.45, 2.75) is 19.6 Å². The zero-order valence-electron chi connectivity index (χ0n) is 13.5. The SMILES string of the molecule is COc1cc(CNCCCO)cc(Cl)c1OCc1ccc(Cl)cc1. The molecule has 4 nitrogen and oxygen atoms in total. The molecule has 0 saturated heterocycles. The molecule has 24 heavy (non-hydrogen) atoms. The van der Waals surface area contributed by atoms with Gasteiger partial charge in [-0.15, -0.1) is 0 Å². The van der Waals surface area contributed by atoms with Gasteiger partial charge < -0.3 is 19.9 Å². The smallest absolute Gasteiger partial charge is 0.180 e. The normalized spacial score (nSPS) is 10.7. The molecule has 0 aromatic heterocycles. The molecule has 0 aliphatic heterocycles. The second kappa shape index (κ2) is 9.74. The molecule has 2 aromatic carbocycles. The topological polar surface area (TPSA) is 50.7 Å². The maximum absolute atomic E-state index is 8.79. The van der Waals surface area contributed by atoms with Crippen LogP contribution in [0, 0.1) is 0 Å². The molecule has 0 aliphatic carbocycles. The van der Waals surface area contributed by atoms with Crippen LogP contribution in [-0.2, 0) is 13.2 Å². The monoisotopic (exact) mass is 369 g/mol. The number of methoxy groups -OCH3 is 1. The van der Waals surface area contributed by atoms with E-state index in [1.807, 2.05) is 36.4 Å². The van der Waals surface area contributed by atoms with Crippen LogP contribution in [0.3, 0.4) is 0 Å². The summed E-state index contributed by atoms with van der Waals surface area (Å²) in [6.07, 6.45) is 0.715. The van der Waals surface area contributed by atoms with E-state index in [1.165, 1.54) is 0 Å². The molecule has 0 fully saturated rings. The largest absolute Gasteiger partial charge is 0.493 e. The Kier molecular flexibility index (Phi) is 7.66. The summed E-state index contributed by atoms with van der Waals surface area (Å²) in [4.78, 5) is 0. The molecule has 0 radical (unpaired) electrons. The van der Waals surface area contributed by atoms with Gasteiger partial charge in [0, 0.05) is 18.2 Å². The fraction of sp³-hybridized carbons (Fsp3) is 0.333. The molecule has 0 aliphatic rings. The Hall–Kier alpha value is -1.46. The lowest BCUT2D eigenvalue weighted by molar-refractivity contribution is 0.284. The fourth-order valence-corrected chi connectivity index (χ4v) is 2.60. The van der Waals surface area contributed by atoms with Gasteiger partial charge in [-0.2, -0.15) is 0 Å². The van der Waals surface area contributed by atoms with Gasteiger partial charge in [0.2, 0.25) is 0 Å². The van der Waals surface area contributed by atoms with Crippen molar-refractivity contribution >= 4 is 23.2 Å². The van der Waals surface area contributed by atoms with Crippen molar-refractivity contribution in [2.75, 3.05) is 20.3 Å². The van der Waals surface area contributed by atoms with Gasteiger partial charge in [0.05, 0.1) is 12.1 Å². The first-order valence-electron chi connectivity index (χ1n) is 7.69. The molecule has 0 heterocycles. The van der Waals surface area contributed by atoms with Crippen molar-refractivity contribution in [2.24, 2.45) is 0 Å². The summed E-state index contributed by atoms with van der Waals surface area (Å²) in [5.41, 5.74) is 1.99. The third-order valence-electron chi connectivity index (χ3n) is 3.43. The minimum absolute atomic E-state index is 0.175. The lowest BCUT2D eigenvalue weighted by Gasteiger charge is -2.14. The van der Waals surface area contributed by atoms with E-state index in [1.54, 1.807) is 7.11 Å². The number of halogens is 2. The van der Waals surface area contributed by atoms with Crippen LogP contribution in [0.5, 0.6) is 11.5 Å². The zero-order chi connectivity index (χ0) is 17.4. The summed E-state index contributed by atoms with van der Waals surface area (Å²) in [6.45, 7) is 1.94. The molecule has 6 heteroatoms.